The third-order valence-corrected chi connectivity index (χ3v) is 3.58. The number of nitrogens with one attached hydrogen (secondary N) is 1. The Hall–Kier alpha value is -1.54. The topological polar surface area (TPSA) is 68.5 Å². The third kappa shape index (κ3) is 4.53. The molecule has 0 bridgehead atoms. The number of rotatable bonds is 8. The Balaban J connectivity index is 1.85. The van der Waals surface area contributed by atoms with Crippen molar-refractivity contribution in [2.45, 2.75) is 30.8 Å². The summed E-state index contributed by atoms with van der Waals surface area (Å²) in [4.78, 5) is 3.82. The number of hydrogen-bond donors (Lipinski definition) is 1. The lowest BCUT2D eigenvalue weighted by molar-refractivity contribution is 0.510. The largest absolute Gasteiger partial charge is 0.315 e. The molecule has 2 aromatic heterocycles. The van der Waals surface area contributed by atoms with Gasteiger partial charge in [-0.2, -0.15) is 0 Å². The number of thioether (sulfide) groups is 1. The highest BCUT2D eigenvalue weighted by Crippen LogP contribution is 2.19. The number of halogens is 1. The lowest BCUT2D eigenvalue weighted by Gasteiger charge is -2.05. The molecule has 8 heteroatoms. The van der Waals surface area contributed by atoms with Crippen molar-refractivity contribution >= 4 is 11.8 Å². The summed E-state index contributed by atoms with van der Waals surface area (Å²) >= 11 is 1.47. The van der Waals surface area contributed by atoms with Crippen LogP contribution >= 0.6 is 11.8 Å². The minimum atomic E-state index is -0.327. The quantitative estimate of drug-likeness (QED) is 0.588. The Kier molecular flexibility index (Phi) is 5.87. The molecule has 0 aliphatic carbocycles. The number of hydrogen-bond acceptors (Lipinski definition) is 6. The molecular formula is C12H17FN6S. The predicted octanol–water partition coefficient (Wildman–Crippen LogP) is 1.50. The Labute approximate surface area is 121 Å². The normalized spacial score (nSPS) is 10.9. The van der Waals surface area contributed by atoms with E-state index in [-0.39, 0.29) is 5.82 Å². The van der Waals surface area contributed by atoms with Gasteiger partial charge in [-0.25, -0.2) is 9.07 Å². The second-order valence-electron chi connectivity index (χ2n) is 4.23. The van der Waals surface area contributed by atoms with Crippen LogP contribution in [0.15, 0.2) is 23.6 Å². The molecule has 0 aliphatic heterocycles. The molecule has 2 aromatic rings. The summed E-state index contributed by atoms with van der Waals surface area (Å²) in [6, 6.07) is 1.47. The van der Waals surface area contributed by atoms with Crippen LogP contribution in [-0.2, 0) is 12.3 Å². The first-order valence-corrected chi connectivity index (χ1v) is 7.47. The van der Waals surface area contributed by atoms with Gasteiger partial charge in [-0.15, -0.1) is 5.10 Å². The van der Waals surface area contributed by atoms with Crippen molar-refractivity contribution < 1.29 is 4.39 Å². The van der Waals surface area contributed by atoms with Gasteiger partial charge in [0.05, 0.1) is 12.7 Å². The average Bonchev–Trinajstić information content (AvgIpc) is 2.89. The number of aromatic nitrogens is 5. The number of tetrazole rings is 1. The predicted molar refractivity (Wildman–Crippen MR) is 74.7 cm³/mol. The Bertz CT molecular complexity index is 532. The van der Waals surface area contributed by atoms with Gasteiger partial charge in [0.25, 0.3) is 0 Å². The molecule has 0 fully saturated rings. The number of pyridine rings is 1. The summed E-state index contributed by atoms with van der Waals surface area (Å²) in [7, 11) is 0. The van der Waals surface area contributed by atoms with Gasteiger partial charge in [0.2, 0.25) is 5.16 Å². The monoisotopic (exact) mass is 296 g/mol. The van der Waals surface area contributed by atoms with Gasteiger partial charge >= 0.3 is 0 Å². The fourth-order valence-corrected chi connectivity index (χ4v) is 2.43. The van der Waals surface area contributed by atoms with Gasteiger partial charge in [-0.05, 0) is 35.0 Å². The van der Waals surface area contributed by atoms with Gasteiger partial charge in [0.1, 0.15) is 5.82 Å². The summed E-state index contributed by atoms with van der Waals surface area (Å²) < 4.78 is 14.8. The Morgan fingerprint density at radius 1 is 1.35 bits per heavy atom. The lowest BCUT2D eigenvalue weighted by atomic mass is 10.3. The minimum absolute atomic E-state index is 0.327. The Morgan fingerprint density at radius 3 is 3.05 bits per heavy atom. The molecule has 0 aromatic carbocycles. The highest BCUT2D eigenvalue weighted by molar-refractivity contribution is 7.98. The van der Waals surface area contributed by atoms with Gasteiger partial charge < -0.3 is 5.32 Å². The second kappa shape index (κ2) is 7.91. The smallest absolute Gasteiger partial charge is 0.209 e. The second-order valence-corrected chi connectivity index (χ2v) is 5.18. The SMILES string of the molecule is CCCNCCn1nnnc1SCc1cncc(F)c1. The van der Waals surface area contributed by atoms with Gasteiger partial charge in [0, 0.05) is 18.5 Å². The van der Waals surface area contributed by atoms with Gasteiger partial charge in [0.15, 0.2) is 0 Å². The zero-order valence-electron chi connectivity index (χ0n) is 11.3. The van der Waals surface area contributed by atoms with Crippen molar-refractivity contribution in [1.82, 2.24) is 30.5 Å². The fraction of sp³-hybridized carbons (Fsp3) is 0.500. The standard InChI is InChI=1S/C12H17FN6S/c1-2-3-14-4-5-19-12(16-17-18-19)20-9-10-6-11(13)8-15-7-10/h6-8,14H,2-5,9H2,1H3. The van der Waals surface area contributed by atoms with E-state index >= 15 is 0 Å². The van der Waals surface area contributed by atoms with Crippen molar-refractivity contribution in [3.05, 3.63) is 29.8 Å². The molecule has 0 amide bonds. The van der Waals surface area contributed by atoms with E-state index in [0.29, 0.717) is 5.75 Å². The lowest BCUT2D eigenvalue weighted by Crippen LogP contribution is -2.21. The van der Waals surface area contributed by atoms with E-state index in [1.165, 1.54) is 24.0 Å². The van der Waals surface area contributed by atoms with Crippen LogP contribution in [0.1, 0.15) is 18.9 Å². The Morgan fingerprint density at radius 2 is 2.25 bits per heavy atom. The van der Waals surface area contributed by atoms with E-state index in [1.54, 1.807) is 10.9 Å². The summed E-state index contributed by atoms with van der Waals surface area (Å²) in [5.74, 6) is 0.263. The molecule has 20 heavy (non-hydrogen) atoms. The highest BCUT2D eigenvalue weighted by Gasteiger charge is 2.07. The van der Waals surface area contributed by atoms with Crippen LogP contribution in [0, 0.1) is 5.82 Å². The summed E-state index contributed by atoms with van der Waals surface area (Å²) in [6.45, 7) is 4.66. The number of nitrogens with zero attached hydrogens (tertiary/aromatic N) is 5. The highest BCUT2D eigenvalue weighted by atomic mass is 32.2. The molecule has 2 heterocycles. The van der Waals surface area contributed by atoms with Crippen LogP contribution in [0.4, 0.5) is 4.39 Å². The van der Waals surface area contributed by atoms with Crippen molar-refractivity contribution in [3.8, 4) is 0 Å². The van der Waals surface area contributed by atoms with Crippen LogP contribution < -0.4 is 5.32 Å². The average molecular weight is 296 g/mol. The van der Waals surface area contributed by atoms with Gasteiger partial charge in [-0.3, -0.25) is 4.98 Å². The molecule has 108 valence electrons. The molecule has 0 radical (unpaired) electrons. The van der Waals surface area contributed by atoms with E-state index < -0.39 is 0 Å². The van der Waals surface area contributed by atoms with Crippen LogP contribution in [0.25, 0.3) is 0 Å². The zero-order chi connectivity index (χ0) is 14.2. The van der Waals surface area contributed by atoms with E-state index in [0.717, 1.165) is 36.8 Å². The first kappa shape index (κ1) is 14.9. The first-order valence-electron chi connectivity index (χ1n) is 6.48. The van der Waals surface area contributed by atoms with E-state index in [1.807, 2.05) is 0 Å². The van der Waals surface area contributed by atoms with Crippen molar-refractivity contribution in [1.29, 1.82) is 0 Å². The fourth-order valence-electron chi connectivity index (χ4n) is 1.61. The molecule has 2 rings (SSSR count). The zero-order valence-corrected chi connectivity index (χ0v) is 12.1. The van der Waals surface area contributed by atoms with E-state index in [9.17, 15) is 4.39 Å². The molecular weight excluding hydrogens is 279 g/mol. The van der Waals surface area contributed by atoms with Crippen molar-refractivity contribution in [2.75, 3.05) is 13.1 Å². The molecule has 6 nitrogen and oxygen atoms in total. The first-order chi connectivity index (χ1) is 9.79. The van der Waals surface area contributed by atoms with Crippen LogP contribution in [0.2, 0.25) is 0 Å². The molecule has 0 saturated carbocycles. The summed E-state index contributed by atoms with van der Waals surface area (Å²) in [6.07, 6.45) is 3.94. The van der Waals surface area contributed by atoms with Crippen LogP contribution in [0.3, 0.4) is 0 Å². The maximum Gasteiger partial charge on any atom is 0.209 e. The third-order valence-electron chi connectivity index (χ3n) is 2.56. The van der Waals surface area contributed by atoms with Crippen molar-refractivity contribution in [2.24, 2.45) is 0 Å². The summed E-state index contributed by atoms with van der Waals surface area (Å²) in [5, 5.41) is 15.6. The molecule has 0 spiro atoms. The van der Waals surface area contributed by atoms with Crippen LogP contribution in [0.5, 0.6) is 0 Å². The van der Waals surface area contributed by atoms with E-state index in [2.05, 4.69) is 32.7 Å². The molecule has 0 unspecified atom stereocenters. The molecule has 0 aliphatic rings. The maximum atomic E-state index is 13.0. The van der Waals surface area contributed by atoms with Crippen LogP contribution in [-0.4, -0.2) is 38.3 Å². The van der Waals surface area contributed by atoms with Crippen molar-refractivity contribution in [3.63, 3.8) is 0 Å². The molecule has 1 N–H and O–H groups in total. The van der Waals surface area contributed by atoms with Gasteiger partial charge in [-0.1, -0.05) is 18.7 Å². The van der Waals surface area contributed by atoms with E-state index in [4.69, 9.17) is 0 Å². The minimum Gasteiger partial charge on any atom is -0.315 e. The molecule has 0 saturated heterocycles. The molecule has 0 atom stereocenters. The summed E-state index contributed by atoms with van der Waals surface area (Å²) in [5.41, 5.74) is 0.814. The maximum absolute atomic E-state index is 13.0.